The molecular weight excluding hydrogens is 336 g/mol. The van der Waals surface area contributed by atoms with Crippen molar-refractivity contribution in [2.24, 2.45) is 11.8 Å². The van der Waals surface area contributed by atoms with E-state index in [4.69, 9.17) is 4.74 Å². The predicted molar refractivity (Wildman–Crippen MR) is 88.5 cm³/mol. The molecule has 124 valence electrons. The Bertz CT molecular complexity index is 356. The van der Waals surface area contributed by atoms with Crippen molar-refractivity contribution in [2.45, 2.75) is 72.2 Å². The number of halogens is 1. The average molecular weight is 365 g/mol. The molecule has 0 aliphatic heterocycles. The highest BCUT2D eigenvalue weighted by Gasteiger charge is 2.24. The summed E-state index contributed by atoms with van der Waals surface area (Å²) in [5, 5.41) is 0. The number of esters is 1. The highest BCUT2D eigenvalue weighted by Crippen LogP contribution is 2.17. The lowest BCUT2D eigenvalue weighted by molar-refractivity contribution is -0.159. The second kappa shape index (κ2) is 10.1. The van der Waals surface area contributed by atoms with Gasteiger partial charge in [-0.05, 0) is 48.0 Å². The van der Waals surface area contributed by atoms with Gasteiger partial charge in [-0.1, -0.05) is 29.8 Å². The molecule has 5 heteroatoms. The second-order valence-corrected chi connectivity index (χ2v) is 7.78. The van der Waals surface area contributed by atoms with E-state index in [1.165, 1.54) is 0 Å². The molecule has 0 saturated carbocycles. The van der Waals surface area contributed by atoms with Crippen molar-refractivity contribution in [3.8, 4) is 0 Å². The number of hydrogen-bond acceptors (Lipinski definition) is 4. The van der Waals surface area contributed by atoms with E-state index in [-0.39, 0.29) is 34.2 Å². The van der Waals surface area contributed by atoms with Gasteiger partial charge in [0, 0.05) is 5.92 Å². The minimum Gasteiger partial charge on any atom is -0.460 e. The first-order chi connectivity index (χ1) is 9.27. The summed E-state index contributed by atoms with van der Waals surface area (Å²) in [4.78, 5) is 32.7. The van der Waals surface area contributed by atoms with Gasteiger partial charge in [-0.3, -0.25) is 14.4 Å². The van der Waals surface area contributed by atoms with Crippen LogP contribution in [0.3, 0.4) is 0 Å². The van der Waals surface area contributed by atoms with Crippen molar-refractivity contribution in [3.05, 3.63) is 0 Å². The SMILES string of the molecule is CC(=O)C(C)Br.CC(=O)C(C)CC(C)C(=O)OC(C)(C)C. The van der Waals surface area contributed by atoms with Crippen molar-refractivity contribution < 1.29 is 19.1 Å². The van der Waals surface area contributed by atoms with E-state index in [2.05, 4.69) is 15.9 Å². The molecule has 0 aliphatic rings. The monoisotopic (exact) mass is 364 g/mol. The molecule has 0 heterocycles. The Morgan fingerprint density at radius 3 is 1.57 bits per heavy atom. The molecule has 0 aromatic heterocycles. The Morgan fingerprint density at radius 2 is 1.33 bits per heavy atom. The van der Waals surface area contributed by atoms with Crippen LogP contribution in [-0.2, 0) is 19.1 Å². The van der Waals surface area contributed by atoms with E-state index in [9.17, 15) is 14.4 Å². The Labute approximate surface area is 137 Å². The smallest absolute Gasteiger partial charge is 0.309 e. The molecule has 4 nitrogen and oxygen atoms in total. The van der Waals surface area contributed by atoms with Crippen LogP contribution in [0, 0.1) is 11.8 Å². The molecule has 3 atom stereocenters. The largest absolute Gasteiger partial charge is 0.460 e. The number of ether oxygens (including phenoxy) is 1. The van der Waals surface area contributed by atoms with Gasteiger partial charge >= 0.3 is 5.97 Å². The first-order valence-corrected chi connectivity index (χ1v) is 8.07. The molecule has 0 rings (SSSR count). The lowest BCUT2D eigenvalue weighted by Crippen LogP contribution is -2.29. The van der Waals surface area contributed by atoms with Gasteiger partial charge in [-0.2, -0.15) is 0 Å². The fourth-order valence-corrected chi connectivity index (χ4v) is 1.19. The fourth-order valence-electron chi connectivity index (χ4n) is 1.19. The number of carbonyl (C=O) groups excluding carboxylic acids is 3. The molecule has 0 spiro atoms. The zero-order chi connectivity index (χ0) is 17.4. The van der Waals surface area contributed by atoms with Crippen LogP contribution in [0.4, 0.5) is 0 Å². The minimum absolute atomic E-state index is 0.0255. The highest BCUT2D eigenvalue weighted by atomic mass is 79.9. The van der Waals surface area contributed by atoms with Crippen LogP contribution in [0.2, 0.25) is 0 Å². The van der Waals surface area contributed by atoms with Crippen LogP contribution in [-0.4, -0.2) is 28.0 Å². The predicted octanol–water partition coefficient (Wildman–Crippen LogP) is 3.94. The summed E-state index contributed by atoms with van der Waals surface area (Å²) in [6.45, 7) is 14.1. The average Bonchev–Trinajstić information content (AvgIpc) is 2.26. The summed E-state index contributed by atoms with van der Waals surface area (Å²) in [6.07, 6.45) is 0.560. The van der Waals surface area contributed by atoms with Gasteiger partial charge in [0.2, 0.25) is 0 Å². The van der Waals surface area contributed by atoms with E-state index in [0.717, 1.165) is 0 Å². The molecule has 0 aromatic rings. The maximum atomic E-state index is 11.6. The Morgan fingerprint density at radius 1 is 0.952 bits per heavy atom. The van der Waals surface area contributed by atoms with E-state index in [0.29, 0.717) is 6.42 Å². The van der Waals surface area contributed by atoms with Crippen LogP contribution in [0.1, 0.15) is 61.8 Å². The molecular formula is C16H29BrO4. The third kappa shape index (κ3) is 14.0. The van der Waals surface area contributed by atoms with E-state index in [1.54, 1.807) is 20.8 Å². The molecule has 0 fully saturated rings. The van der Waals surface area contributed by atoms with E-state index < -0.39 is 5.60 Å². The molecule has 3 unspecified atom stereocenters. The van der Waals surface area contributed by atoms with Crippen molar-refractivity contribution in [1.29, 1.82) is 0 Å². The quantitative estimate of drug-likeness (QED) is 0.547. The number of Topliss-reactive ketones (excluding diaryl/α,β-unsaturated/α-hetero) is 2. The van der Waals surface area contributed by atoms with Crippen molar-refractivity contribution in [3.63, 3.8) is 0 Å². The number of carbonyl (C=O) groups is 3. The highest BCUT2D eigenvalue weighted by molar-refractivity contribution is 9.10. The number of ketones is 2. The minimum atomic E-state index is -0.454. The van der Waals surface area contributed by atoms with E-state index in [1.807, 2.05) is 34.6 Å². The van der Waals surface area contributed by atoms with Gasteiger partial charge in [0.15, 0.2) is 0 Å². The van der Waals surface area contributed by atoms with Crippen LogP contribution in [0.25, 0.3) is 0 Å². The Kier molecular flexibility index (Phi) is 10.8. The molecule has 0 amide bonds. The third-order valence-corrected chi connectivity index (χ3v) is 3.42. The van der Waals surface area contributed by atoms with Gasteiger partial charge < -0.3 is 4.74 Å². The summed E-state index contributed by atoms with van der Waals surface area (Å²) >= 11 is 3.09. The van der Waals surface area contributed by atoms with Gasteiger partial charge in [-0.25, -0.2) is 0 Å². The van der Waals surface area contributed by atoms with Gasteiger partial charge in [0.25, 0.3) is 0 Å². The normalized spacial score (nSPS) is 15.1. The van der Waals surface area contributed by atoms with Crippen molar-refractivity contribution in [2.75, 3.05) is 0 Å². The Balaban J connectivity index is 0. The van der Waals surface area contributed by atoms with Crippen LogP contribution >= 0.6 is 15.9 Å². The molecule has 0 N–H and O–H groups in total. The topological polar surface area (TPSA) is 60.4 Å². The summed E-state index contributed by atoms with van der Waals surface area (Å²) in [7, 11) is 0. The standard InChI is InChI=1S/C12H22O3.C4H7BrO/c1-8(10(3)13)7-9(2)11(14)15-12(4,5)6;1-3(5)4(2)6/h8-9H,7H2,1-6H3;3H,1-2H3. The summed E-state index contributed by atoms with van der Waals surface area (Å²) in [5.41, 5.74) is -0.454. The Hall–Kier alpha value is -0.710. The summed E-state index contributed by atoms with van der Waals surface area (Å²) in [6, 6.07) is 0. The molecule has 0 bridgehead atoms. The maximum absolute atomic E-state index is 11.6. The van der Waals surface area contributed by atoms with Gasteiger partial charge in [-0.15, -0.1) is 0 Å². The van der Waals surface area contributed by atoms with E-state index >= 15 is 0 Å². The first kappa shape index (κ1) is 22.6. The molecule has 0 aliphatic carbocycles. The van der Waals surface area contributed by atoms with Crippen LogP contribution in [0.5, 0.6) is 0 Å². The second-order valence-electron chi connectivity index (χ2n) is 6.41. The van der Waals surface area contributed by atoms with Gasteiger partial charge in [0.05, 0.1) is 10.7 Å². The van der Waals surface area contributed by atoms with Crippen molar-refractivity contribution in [1.82, 2.24) is 0 Å². The van der Waals surface area contributed by atoms with Gasteiger partial charge in [0.1, 0.15) is 17.2 Å². The third-order valence-electron chi connectivity index (χ3n) is 2.77. The fraction of sp³-hybridized carbons (Fsp3) is 0.812. The van der Waals surface area contributed by atoms with Crippen LogP contribution in [0.15, 0.2) is 0 Å². The number of rotatable bonds is 5. The summed E-state index contributed by atoms with van der Waals surface area (Å²) < 4.78 is 5.23. The van der Waals surface area contributed by atoms with Crippen LogP contribution < -0.4 is 0 Å². The molecule has 0 aromatic carbocycles. The molecule has 21 heavy (non-hydrogen) atoms. The maximum Gasteiger partial charge on any atom is 0.309 e. The lowest BCUT2D eigenvalue weighted by atomic mass is 9.94. The number of hydrogen-bond donors (Lipinski definition) is 0. The number of alkyl halides is 1. The lowest BCUT2D eigenvalue weighted by Gasteiger charge is -2.23. The van der Waals surface area contributed by atoms with Crippen molar-refractivity contribution >= 4 is 33.5 Å². The first-order valence-electron chi connectivity index (χ1n) is 7.15. The molecule has 0 saturated heterocycles. The zero-order valence-corrected chi connectivity index (χ0v) is 16.0. The zero-order valence-electron chi connectivity index (χ0n) is 14.5. The molecule has 0 radical (unpaired) electrons. The summed E-state index contributed by atoms with van der Waals surface area (Å²) in [5.74, 6) is -0.230.